The van der Waals surface area contributed by atoms with E-state index >= 15 is 0 Å². The topological polar surface area (TPSA) is 6.48 Å². The van der Waals surface area contributed by atoms with Gasteiger partial charge < -0.3 is 9.80 Å². The molecule has 2 nitrogen and oxygen atoms in total. The van der Waals surface area contributed by atoms with Gasteiger partial charge in [-0.05, 0) is 65.9 Å². The van der Waals surface area contributed by atoms with Crippen molar-refractivity contribution in [2.24, 2.45) is 0 Å². The van der Waals surface area contributed by atoms with Crippen LogP contribution in [-0.2, 0) is 5.41 Å². The number of aryl methyl sites for hydroxylation is 1. The van der Waals surface area contributed by atoms with Crippen LogP contribution in [-0.4, -0.2) is 13.2 Å². The van der Waals surface area contributed by atoms with E-state index in [0.717, 1.165) is 0 Å². The lowest BCUT2D eigenvalue weighted by molar-refractivity contribution is 0.659. The average Bonchev–Trinajstić information content (AvgIpc) is 3.04. The van der Waals surface area contributed by atoms with Crippen LogP contribution >= 0.6 is 0 Å². The molecule has 5 rings (SSSR count). The normalized spacial score (nSPS) is 19.1. The Morgan fingerprint density at radius 3 is 2.22 bits per heavy atom. The molecule has 0 spiro atoms. The zero-order valence-electron chi connectivity index (χ0n) is 16.7. The minimum absolute atomic E-state index is 0.0305. The molecule has 1 aliphatic heterocycles. The predicted molar refractivity (Wildman–Crippen MR) is 115 cm³/mol. The van der Waals surface area contributed by atoms with Crippen molar-refractivity contribution in [3.05, 3.63) is 77.4 Å². The maximum absolute atomic E-state index is 2.49. The van der Waals surface area contributed by atoms with Crippen LogP contribution in [0.4, 0.5) is 17.1 Å². The lowest BCUT2D eigenvalue weighted by atomic mass is 9.82. The predicted octanol–water partition coefficient (Wildman–Crippen LogP) is 6.24. The maximum atomic E-state index is 2.49. The van der Waals surface area contributed by atoms with Crippen LogP contribution in [0.3, 0.4) is 0 Å². The molecular formula is C25H26N2. The van der Waals surface area contributed by atoms with Gasteiger partial charge in [0.2, 0.25) is 0 Å². The van der Waals surface area contributed by atoms with Crippen molar-refractivity contribution in [1.82, 2.24) is 0 Å². The molecule has 27 heavy (non-hydrogen) atoms. The largest absolute Gasteiger partial charge is 0.353 e. The molecule has 2 heteroatoms. The average molecular weight is 354 g/mol. The number of nitrogens with zero attached hydrogens (tertiary/aromatic N) is 2. The quantitative estimate of drug-likeness (QED) is 0.511. The summed E-state index contributed by atoms with van der Waals surface area (Å²) in [5.41, 5.74) is 10.9. The Morgan fingerprint density at radius 2 is 1.44 bits per heavy atom. The highest BCUT2D eigenvalue weighted by Crippen LogP contribution is 2.52. The summed E-state index contributed by atoms with van der Waals surface area (Å²) in [6.07, 6.45) is 0.297. The van der Waals surface area contributed by atoms with E-state index in [1.165, 1.54) is 44.9 Å². The fourth-order valence-corrected chi connectivity index (χ4v) is 4.98. The number of rotatable bonds is 1. The summed E-state index contributed by atoms with van der Waals surface area (Å²) in [4.78, 5) is 4.85. The molecule has 0 aromatic heterocycles. The zero-order chi connectivity index (χ0) is 18.9. The Bertz CT molecular complexity index is 1060. The van der Waals surface area contributed by atoms with Gasteiger partial charge in [-0.25, -0.2) is 0 Å². The molecule has 0 amide bonds. The van der Waals surface area contributed by atoms with Gasteiger partial charge in [-0.15, -0.1) is 0 Å². The van der Waals surface area contributed by atoms with Crippen molar-refractivity contribution in [1.29, 1.82) is 0 Å². The second-order valence-corrected chi connectivity index (χ2v) is 8.46. The fourth-order valence-electron chi connectivity index (χ4n) is 4.98. The number of fused-ring (bicyclic) bond motifs is 4. The minimum atomic E-state index is 0.0305. The molecule has 0 N–H and O–H groups in total. The Balaban J connectivity index is 1.73. The fraction of sp³-hybridized carbons (Fsp3) is 0.280. The van der Waals surface area contributed by atoms with Crippen LogP contribution in [0.15, 0.2) is 60.7 Å². The molecule has 2 aliphatic rings. The van der Waals surface area contributed by atoms with Crippen molar-refractivity contribution in [2.75, 3.05) is 16.8 Å². The van der Waals surface area contributed by atoms with Crippen LogP contribution in [0.1, 0.15) is 37.5 Å². The third kappa shape index (κ3) is 2.07. The first-order valence-corrected chi connectivity index (χ1v) is 9.77. The van der Waals surface area contributed by atoms with Crippen molar-refractivity contribution < 1.29 is 0 Å². The van der Waals surface area contributed by atoms with E-state index in [9.17, 15) is 0 Å². The summed E-state index contributed by atoms with van der Waals surface area (Å²) < 4.78 is 0. The smallest absolute Gasteiger partial charge is 0.103 e. The first kappa shape index (κ1) is 16.4. The van der Waals surface area contributed by atoms with Crippen molar-refractivity contribution in [3.63, 3.8) is 0 Å². The molecule has 0 bridgehead atoms. The molecule has 1 unspecified atom stereocenters. The van der Waals surface area contributed by atoms with E-state index in [1.807, 2.05) is 0 Å². The summed E-state index contributed by atoms with van der Waals surface area (Å²) in [6.45, 7) is 9.23. The Hall–Kier alpha value is -2.74. The van der Waals surface area contributed by atoms with Gasteiger partial charge in [-0.1, -0.05) is 50.2 Å². The van der Waals surface area contributed by atoms with E-state index in [4.69, 9.17) is 0 Å². The van der Waals surface area contributed by atoms with Crippen molar-refractivity contribution >= 4 is 17.1 Å². The summed E-state index contributed by atoms with van der Waals surface area (Å²) >= 11 is 0. The lowest BCUT2D eigenvalue weighted by Crippen LogP contribution is -2.36. The van der Waals surface area contributed by atoms with Crippen molar-refractivity contribution in [2.45, 2.75) is 39.3 Å². The van der Waals surface area contributed by atoms with Crippen LogP contribution in [0.25, 0.3) is 11.1 Å². The van der Waals surface area contributed by atoms with Gasteiger partial charge in [-0.2, -0.15) is 0 Å². The maximum Gasteiger partial charge on any atom is 0.103 e. The molecule has 1 atom stereocenters. The number of para-hydroxylation sites is 2. The lowest BCUT2D eigenvalue weighted by Gasteiger charge is -2.31. The van der Waals surface area contributed by atoms with E-state index in [0.29, 0.717) is 6.17 Å². The molecule has 1 heterocycles. The third-order valence-corrected chi connectivity index (χ3v) is 6.61. The van der Waals surface area contributed by atoms with E-state index < -0.39 is 0 Å². The third-order valence-electron chi connectivity index (χ3n) is 6.61. The number of hydrogen-bond donors (Lipinski definition) is 0. The summed E-state index contributed by atoms with van der Waals surface area (Å²) in [7, 11) is 2.19. The Morgan fingerprint density at radius 1 is 0.778 bits per heavy atom. The molecule has 3 aromatic rings. The molecule has 0 saturated carbocycles. The Labute approximate surface area is 162 Å². The van der Waals surface area contributed by atoms with Gasteiger partial charge in [0.25, 0.3) is 0 Å². The second kappa shape index (κ2) is 5.39. The van der Waals surface area contributed by atoms with Crippen LogP contribution < -0.4 is 9.80 Å². The molecular weight excluding hydrogens is 328 g/mol. The highest BCUT2D eigenvalue weighted by atomic mass is 15.4. The van der Waals surface area contributed by atoms with E-state index in [-0.39, 0.29) is 5.41 Å². The standard InChI is InChI=1S/C25H26N2/c1-16-14-19-18-10-6-7-11-20(18)25(3,4)21(19)15-24(16)27-17(2)26(5)22-12-8-9-13-23(22)27/h6-15,17H,1-5H3. The van der Waals surface area contributed by atoms with Gasteiger partial charge in [0.05, 0.1) is 11.4 Å². The zero-order valence-corrected chi connectivity index (χ0v) is 16.7. The summed E-state index contributed by atoms with van der Waals surface area (Å²) in [5, 5.41) is 0. The number of benzene rings is 3. The monoisotopic (exact) mass is 354 g/mol. The number of anilines is 3. The minimum Gasteiger partial charge on any atom is -0.353 e. The van der Waals surface area contributed by atoms with Gasteiger partial charge >= 0.3 is 0 Å². The SMILES string of the molecule is Cc1cc2c(cc1N1c3ccccc3N(C)C1C)C(C)(C)c1ccccc1-2. The molecule has 0 saturated heterocycles. The summed E-state index contributed by atoms with van der Waals surface area (Å²) in [6, 6.07) is 22.4. The second-order valence-electron chi connectivity index (χ2n) is 8.46. The van der Waals surface area contributed by atoms with Gasteiger partial charge in [0, 0.05) is 18.2 Å². The van der Waals surface area contributed by atoms with Crippen LogP contribution in [0.2, 0.25) is 0 Å². The first-order valence-electron chi connectivity index (χ1n) is 9.77. The van der Waals surface area contributed by atoms with Crippen LogP contribution in [0, 0.1) is 6.92 Å². The van der Waals surface area contributed by atoms with Crippen molar-refractivity contribution in [3.8, 4) is 11.1 Å². The highest BCUT2D eigenvalue weighted by molar-refractivity contribution is 5.88. The van der Waals surface area contributed by atoms with Gasteiger partial charge in [-0.3, -0.25) is 0 Å². The molecule has 1 aliphatic carbocycles. The molecule has 0 fully saturated rings. The first-order chi connectivity index (χ1) is 12.9. The summed E-state index contributed by atoms with van der Waals surface area (Å²) in [5.74, 6) is 0. The number of hydrogen-bond acceptors (Lipinski definition) is 2. The van der Waals surface area contributed by atoms with Crippen LogP contribution in [0.5, 0.6) is 0 Å². The van der Waals surface area contributed by atoms with E-state index in [2.05, 4.69) is 105 Å². The Kier molecular flexibility index (Phi) is 3.28. The van der Waals surface area contributed by atoms with E-state index in [1.54, 1.807) is 0 Å². The van der Waals surface area contributed by atoms with Gasteiger partial charge in [0.15, 0.2) is 0 Å². The highest BCUT2D eigenvalue weighted by Gasteiger charge is 2.38. The van der Waals surface area contributed by atoms with Gasteiger partial charge in [0.1, 0.15) is 6.17 Å². The molecule has 0 radical (unpaired) electrons. The molecule has 3 aromatic carbocycles. The molecule has 136 valence electrons.